The van der Waals surface area contributed by atoms with E-state index in [1.165, 1.54) is 7.11 Å². The van der Waals surface area contributed by atoms with Crippen molar-refractivity contribution in [3.05, 3.63) is 11.9 Å². The molecular formula is C23H38FN5O5. The fraction of sp³-hybridized carbons (Fsp3) is 0.783. The van der Waals surface area contributed by atoms with Crippen LogP contribution in [0, 0.1) is 0 Å². The van der Waals surface area contributed by atoms with Crippen molar-refractivity contribution in [2.24, 2.45) is 0 Å². The van der Waals surface area contributed by atoms with E-state index in [4.69, 9.17) is 14.5 Å². The summed E-state index contributed by atoms with van der Waals surface area (Å²) in [4.78, 5) is 31.3. The van der Waals surface area contributed by atoms with Crippen molar-refractivity contribution in [2.45, 2.75) is 83.3 Å². The van der Waals surface area contributed by atoms with Gasteiger partial charge in [-0.2, -0.15) is 4.98 Å². The number of aromatic nitrogens is 2. The largest absolute Gasteiger partial charge is 0.462 e. The second-order valence-electron chi connectivity index (χ2n) is 9.14. The van der Waals surface area contributed by atoms with Crippen molar-refractivity contribution in [1.29, 1.82) is 0 Å². The average Bonchev–Trinajstić information content (AvgIpc) is 3.57. The number of halogens is 1. The number of alkyl carbamates (subject to hydrolysis) is 1. The zero-order valence-electron chi connectivity index (χ0n) is 20.6. The lowest BCUT2D eigenvalue weighted by atomic mass is 10.1. The number of hydrogen-bond donors (Lipinski definition) is 2. The topological polar surface area (TPSA) is 107 Å². The zero-order chi connectivity index (χ0) is 24.7. The number of nitrogens with zero attached hydrogens (tertiary/aromatic N) is 3. The van der Waals surface area contributed by atoms with Crippen LogP contribution in [0.3, 0.4) is 0 Å². The first-order chi connectivity index (χ1) is 16.3. The molecule has 0 spiro atoms. The van der Waals surface area contributed by atoms with E-state index in [2.05, 4.69) is 15.4 Å². The fourth-order valence-electron chi connectivity index (χ4n) is 4.04. The Labute approximate surface area is 200 Å². The summed E-state index contributed by atoms with van der Waals surface area (Å²) in [6, 6.07) is 0.346. The van der Waals surface area contributed by atoms with E-state index in [0.29, 0.717) is 45.1 Å². The highest BCUT2D eigenvalue weighted by Crippen LogP contribution is 2.35. The van der Waals surface area contributed by atoms with E-state index < -0.39 is 18.9 Å². The highest BCUT2D eigenvalue weighted by Gasteiger charge is 2.41. The van der Waals surface area contributed by atoms with Crippen LogP contribution in [0.25, 0.3) is 0 Å². The van der Waals surface area contributed by atoms with Crippen molar-refractivity contribution in [3.63, 3.8) is 0 Å². The van der Waals surface area contributed by atoms with Crippen LogP contribution in [0.4, 0.5) is 9.18 Å². The number of carbonyl (C=O) groups is 2. The van der Waals surface area contributed by atoms with Gasteiger partial charge >= 0.3 is 6.09 Å². The summed E-state index contributed by atoms with van der Waals surface area (Å²) in [6.07, 6.45) is 3.77. The minimum atomic E-state index is -0.586. The monoisotopic (exact) mass is 483 g/mol. The Morgan fingerprint density at radius 3 is 2.74 bits per heavy atom. The molecule has 1 aliphatic heterocycles. The minimum Gasteiger partial charge on any atom is -0.462 e. The molecule has 11 heteroatoms. The summed E-state index contributed by atoms with van der Waals surface area (Å²) in [7, 11) is 1.33. The quantitative estimate of drug-likeness (QED) is 0.439. The molecule has 2 fully saturated rings. The maximum atomic E-state index is 13.4. The maximum absolute atomic E-state index is 13.4. The van der Waals surface area contributed by atoms with Crippen LogP contribution in [0.2, 0.25) is 0 Å². The molecule has 1 aromatic rings. The molecule has 34 heavy (non-hydrogen) atoms. The predicted molar refractivity (Wildman–Crippen MR) is 123 cm³/mol. The lowest BCUT2D eigenvalue weighted by Gasteiger charge is -2.35. The van der Waals surface area contributed by atoms with Crippen molar-refractivity contribution in [3.8, 4) is 6.01 Å². The van der Waals surface area contributed by atoms with Gasteiger partial charge in [0, 0.05) is 37.9 Å². The van der Waals surface area contributed by atoms with Crippen molar-refractivity contribution >= 4 is 12.0 Å². The van der Waals surface area contributed by atoms with Crippen LogP contribution in [0.1, 0.15) is 58.2 Å². The molecule has 1 saturated carbocycles. The van der Waals surface area contributed by atoms with Gasteiger partial charge in [0.15, 0.2) is 0 Å². The molecule has 0 unspecified atom stereocenters. The number of aryl methyl sites for hydroxylation is 1. The molecule has 1 aromatic heterocycles. The first kappa shape index (κ1) is 26.2. The molecular weight excluding hydrogens is 445 g/mol. The summed E-state index contributed by atoms with van der Waals surface area (Å²) in [5.74, 6) is -0.0654. The summed E-state index contributed by atoms with van der Waals surface area (Å²) in [5.41, 5.74) is 0.746. The lowest BCUT2D eigenvalue weighted by Crippen LogP contribution is -2.54. The Bertz CT molecular complexity index is 808. The van der Waals surface area contributed by atoms with Crippen molar-refractivity contribution in [2.75, 3.05) is 33.5 Å². The molecule has 2 heterocycles. The van der Waals surface area contributed by atoms with Crippen LogP contribution >= 0.6 is 0 Å². The van der Waals surface area contributed by atoms with Crippen molar-refractivity contribution < 1.29 is 28.2 Å². The van der Waals surface area contributed by atoms with Gasteiger partial charge in [-0.1, -0.05) is 0 Å². The van der Waals surface area contributed by atoms with Gasteiger partial charge in [0.05, 0.1) is 38.2 Å². The Hall–Kier alpha value is -2.40. The zero-order valence-corrected chi connectivity index (χ0v) is 20.6. The number of morpholine rings is 1. The van der Waals surface area contributed by atoms with Gasteiger partial charge in [0.1, 0.15) is 6.10 Å². The van der Waals surface area contributed by atoms with E-state index in [9.17, 15) is 14.0 Å². The van der Waals surface area contributed by atoms with E-state index in [-0.39, 0.29) is 30.1 Å². The number of carbonyl (C=O) groups excluding carboxylic acids is 2. The second-order valence-corrected chi connectivity index (χ2v) is 9.14. The fourth-order valence-corrected chi connectivity index (χ4v) is 4.04. The third-order valence-electron chi connectivity index (χ3n) is 5.99. The first-order valence-electron chi connectivity index (χ1n) is 12.1. The summed E-state index contributed by atoms with van der Waals surface area (Å²) < 4.78 is 30.9. The van der Waals surface area contributed by atoms with Crippen molar-refractivity contribution in [1.82, 2.24) is 25.1 Å². The van der Waals surface area contributed by atoms with Gasteiger partial charge < -0.3 is 34.3 Å². The predicted octanol–water partition coefficient (Wildman–Crippen LogP) is 2.19. The molecule has 3 atom stereocenters. The molecule has 10 nitrogen and oxygen atoms in total. The molecule has 0 bridgehead atoms. The minimum absolute atomic E-state index is 0.0547. The molecule has 3 rings (SSSR count). The maximum Gasteiger partial charge on any atom is 0.406 e. The van der Waals surface area contributed by atoms with Crippen LogP contribution in [-0.2, 0) is 20.8 Å². The molecule has 2 N–H and O–H groups in total. The number of alkyl halides is 1. The van der Waals surface area contributed by atoms with Gasteiger partial charge in [-0.3, -0.25) is 9.18 Å². The van der Waals surface area contributed by atoms with Crippen LogP contribution in [0.15, 0.2) is 6.20 Å². The number of hydrogen-bond acceptors (Lipinski definition) is 7. The Balaban J connectivity index is 1.68. The molecule has 1 aliphatic carbocycles. The third kappa shape index (κ3) is 7.05. The summed E-state index contributed by atoms with van der Waals surface area (Å²) in [6.45, 7) is 7.19. The molecule has 1 saturated heterocycles. The Morgan fingerprint density at radius 1 is 1.38 bits per heavy atom. The van der Waals surface area contributed by atoms with E-state index >= 15 is 0 Å². The van der Waals surface area contributed by atoms with Crippen LogP contribution in [-0.4, -0.2) is 84.2 Å². The normalized spacial score (nSPS) is 21.2. The standard InChI is InChI=1S/C23H38FN5O5/c1-15(2)34-22-27-19(13-28(22)11-5-10-25-23(31)32-4)16(3)29(18-6-7-18)21(30)20-12-26-17(8-9-24)14-33-20/h13,15-18,20,26H,5-12,14H2,1-4H3,(H,25,31)/t16-,17-,20+/m0/s1. The summed E-state index contributed by atoms with van der Waals surface area (Å²) in [5, 5.41) is 5.90. The highest BCUT2D eigenvalue weighted by atomic mass is 19.1. The van der Waals surface area contributed by atoms with Gasteiger partial charge in [-0.05, 0) is 46.5 Å². The number of amides is 2. The lowest BCUT2D eigenvalue weighted by molar-refractivity contribution is -0.149. The molecule has 192 valence electrons. The molecule has 0 radical (unpaired) electrons. The number of nitrogens with one attached hydrogen (secondary N) is 2. The Kier molecular flexibility index (Phi) is 9.52. The highest BCUT2D eigenvalue weighted by molar-refractivity contribution is 5.82. The van der Waals surface area contributed by atoms with Gasteiger partial charge in [-0.25, -0.2) is 4.79 Å². The average molecular weight is 484 g/mol. The van der Waals surface area contributed by atoms with E-state index in [1.54, 1.807) is 0 Å². The van der Waals surface area contributed by atoms with Gasteiger partial charge in [0.2, 0.25) is 0 Å². The third-order valence-corrected chi connectivity index (χ3v) is 5.99. The van der Waals surface area contributed by atoms with E-state index in [1.807, 2.05) is 36.4 Å². The number of imidazole rings is 1. The van der Waals surface area contributed by atoms with Crippen LogP contribution < -0.4 is 15.4 Å². The molecule has 0 aromatic carbocycles. The van der Waals surface area contributed by atoms with Gasteiger partial charge in [0.25, 0.3) is 11.9 Å². The number of ether oxygens (including phenoxy) is 3. The molecule has 2 amide bonds. The van der Waals surface area contributed by atoms with E-state index in [0.717, 1.165) is 18.5 Å². The number of rotatable bonds is 12. The molecule has 2 aliphatic rings. The Morgan fingerprint density at radius 2 is 2.15 bits per heavy atom. The smallest absolute Gasteiger partial charge is 0.406 e. The second kappa shape index (κ2) is 12.3. The first-order valence-corrected chi connectivity index (χ1v) is 12.1. The summed E-state index contributed by atoms with van der Waals surface area (Å²) >= 11 is 0. The van der Waals surface area contributed by atoms with Gasteiger partial charge in [-0.15, -0.1) is 0 Å². The SMILES string of the molecule is COC(=O)NCCCn1cc([C@H](C)N(C(=O)[C@H]2CN[C@@H](CCF)CO2)C2CC2)nc1OC(C)C. The number of methoxy groups -OCH3 is 1. The van der Waals surface area contributed by atoms with Crippen LogP contribution in [0.5, 0.6) is 6.01 Å².